The Morgan fingerprint density at radius 2 is 1.48 bits per heavy atom. The van der Waals surface area contributed by atoms with Crippen molar-refractivity contribution in [2.24, 2.45) is 5.92 Å². The second kappa shape index (κ2) is 24.0. The summed E-state index contributed by atoms with van der Waals surface area (Å²) in [6.45, 7) is 5.18. The van der Waals surface area contributed by atoms with Gasteiger partial charge in [-0.15, -0.1) is 0 Å². The first-order valence-electron chi connectivity index (χ1n) is 17.1. The molecule has 6 heteroatoms. The van der Waals surface area contributed by atoms with Gasteiger partial charge in [0.05, 0.1) is 13.2 Å². The largest absolute Gasteiger partial charge is 0.492 e. The van der Waals surface area contributed by atoms with Gasteiger partial charge in [-0.05, 0) is 88.3 Å². The number of hydrogen-bond donors (Lipinski definition) is 1. The molecule has 2 rings (SSSR count). The average molecular weight is 586 g/mol. The molecule has 0 heterocycles. The lowest BCUT2D eigenvalue weighted by atomic mass is 9.82. The zero-order valence-corrected chi connectivity index (χ0v) is 26.7. The topological polar surface area (TPSA) is 73.9 Å². The van der Waals surface area contributed by atoms with E-state index < -0.39 is 6.09 Å². The van der Waals surface area contributed by atoms with E-state index in [1.807, 2.05) is 12.1 Å². The number of rotatable bonds is 23. The Labute approximate surface area is 256 Å². The summed E-state index contributed by atoms with van der Waals surface area (Å²) >= 11 is 0. The van der Waals surface area contributed by atoms with Crippen LogP contribution in [0.1, 0.15) is 135 Å². The third-order valence-electron chi connectivity index (χ3n) is 8.10. The molecule has 42 heavy (non-hydrogen) atoms. The fourth-order valence-electron chi connectivity index (χ4n) is 5.66. The van der Waals surface area contributed by atoms with Crippen LogP contribution in [0.5, 0.6) is 5.75 Å². The lowest BCUT2D eigenvalue weighted by Gasteiger charge is -2.31. The van der Waals surface area contributed by atoms with E-state index in [0.29, 0.717) is 32.1 Å². The molecule has 6 nitrogen and oxygen atoms in total. The fraction of sp³-hybridized carbons (Fsp3) is 0.722. The molecule has 1 aromatic carbocycles. The molecule has 0 saturated heterocycles. The highest BCUT2D eigenvalue weighted by Gasteiger charge is 2.28. The van der Waals surface area contributed by atoms with Crippen LogP contribution in [0, 0.1) is 5.92 Å². The lowest BCUT2D eigenvalue weighted by molar-refractivity contribution is -0.153. The molecule has 1 aliphatic carbocycles. The number of amides is 1. The minimum atomic E-state index is -0.424. The summed E-state index contributed by atoms with van der Waals surface area (Å²) in [5, 5.41) is 2.65. The summed E-state index contributed by atoms with van der Waals surface area (Å²) < 4.78 is 16.6. The minimum absolute atomic E-state index is 0.0234. The molecule has 1 amide bonds. The molecule has 0 spiro atoms. The molecule has 1 aliphatic rings. The van der Waals surface area contributed by atoms with E-state index in [1.54, 1.807) is 6.92 Å². The molecule has 0 aliphatic heterocycles. The molecule has 2 unspecified atom stereocenters. The number of allylic oxidation sites excluding steroid dienone is 2. The van der Waals surface area contributed by atoms with Crippen molar-refractivity contribution in [3.63, 3.8) is 0 Å². The molecule has 0 bridgehead atoms. The van der Waals surface area contributed by atoms with Crippen molar-refractivity contribution < 1.29 is 23.8 Å². The Hall–Kier alpha value is -2.50. The van der Waals surface area contributed by atoms with Crippen LogP contribution >= 0.6 is 0 Å². The molecular formula is C36H59NO5. The highest BCUT2D eigenvalue weighted by molar-refractivity contribution is 5.69. The van der Waals surface area contributed by atoms with Gasteiger partial charge in [-0.1, -0.05) is 89.0 Å². The number of benzene rings is 1. The van der Waals surface area contributed by atoms with Crippen LogP contribution in [0.4, 0.5) is 4.79 Å². The zero-order valence-electron chi connectivity index (χ0n) is 26.7. The van der Waals surface area contributed by atoms with E-state index in [2.05, 4.69) is 36.5 Å². The van der Waals surface area contributed by atoms with Gasteiger partial charge in [0.15, 0.2) is 0 Å². The number of carbonyl (C=O) groups excluding carboxylic acids is 2. The SMILES string of the molecule is CCCCCCCC/C=C\CCCCCCCC(=O)OC1CCCCC1Cc1ccc(OCCNC(=O)OCC)cc1. The van der Waals surface area contributed by atoms with Crippen molar-refractivity contribution in [3.05, 3.63) is 42.0 Å². The second-order valence-corrected chi connectivity index (χ2v) is 11.8. The summed E-state index contributed by atoms with van der Waals surface area (Å²) in [5.74, 6) is 1.12. The maximum atomic E-state index is 12.6. The first-order valence-corrected chi connectivity index (χ1v) is 17.1. The van der Waals surface area contributed by atoms with Crippen molar-refractivity contribution in [2.45, 2.75) is 142 Å². The van der Waals surface area contributed by atoms with Crippen LogP contribution in [0.15, 0.2) is 36.4 Å². The lowest BCUT2D eigenvalue weighted by Crippen LogP contribution is -2.31. The highest BCUT2D eigenvalue weighted by Crippen LogP contribution is 2.30. The molecule has 1 N–H and O–H groups in total. The number of nitrogens with one attached hydrogen (secondary N) is 1. The van der Waals surface area contributed by atoms with Gasteiger partial charge in [0.2, 0.25) is 0 Å². The minimum Gasteiger partial charge on any atom is -0.492 e. The van der Waals surface area contributed by atoms with Crippen molar-refractivity contribution in [1.29, 1.82) is 0 Å². The van der Waals surface area contributed by atoms with Crippen molar-refractivity contribution in [2.75, 3.05) is 19.8 Å². The number of alkyl carbamates (subject to hydrolysis) is 1. The monoisotopic (exact) mass is 585 g/mol. The van der Waals surface area contributed by atoms with Gasteiger partial charge in [-0.2, -0.15) is 0 Å². The number of unbranched alkanes of at least 4 members (excludes halogenated alkanes) is 11. The van der Waals surface area contributed by atoms with Gasteiger partial charge >= 0.3 is 12.1 Å². The van der Waals surface area contributed by atoms with E-state index in [0.717, 1.165) is 44.3 Å². The summed E-state index contributed by atoms with van der Waals surface area (Å²) in [7, 11) is 0. The molecule has 1 saturated carbocycles. The molecular weight excluding hydrogens is 526 g/mol. The Morgan fingerprint density at radius 3 is 2.17 bits per heavy atom. The average Bonchev–Trinajstić information content (AvgIpc) is 2.99. The van der Waals surface area contributed by atoms with Crippen molar-refractivity contribution >= 4 is 12.1 Å². The van der Waals surface area contributed by atoms with Crippen molar-refractivity contribution in [3.8, 4) is 5.75 Å². The summed E-state index contributed by atoms with van der Waals surface area (Å²) in [5.41, 5.74) is 1.23. The van der Waals surface area contributed by atoms with Gasteiger partial charge < -0.3 is 19.5 Å². The maximum Gasteiger partial charge on any atom is 0.407 e. The standard InChI is InChI=1S/C36H59NO5/c1-3-5-6-7-8-9-10-11-12-13-14-15-16-17-18-23-35(38)42-34-22-20-19-21-32(34)30-31-24-26-33(27-25-31)41-29-28-37-36(39)40-4-2/h11-12,24-27,32,34H,3-10,13-23,28-30H2,1-2H3,(H,37,39)/b12-11-. The Kier molecular flexibility index (Phi) is 20.4. The number of esters is 1. The third-order valence-corrected chi connectivity index (χ3v) is 8.10. The second-order valence-electron chi connectivity index (χ2n) is 11.8. The van der Waals surface area contributed by atoms with Gasteiger partial charge in [0.25, 0.3) is 0 Å². The quantitative estimate of drug-likeness (QED) is 0.0786. The predicted octanol–water partition coefficient (Wildman–Crippen LogP) is 9.49. The first-order chi connectivity index (χ1) is 20.6. The number of ether oxygens (including phenoxy) is 3. The van der Waals surface area contributed by atoms with Crippen LogP contribution in [0.2, 0.25) is 0 Å². The van der Waals surface area contributed by atoms with E-state index >= 15 is 0 Å². The van der Waals surface area contributed by atoms with E-state index in [1.165, 1.54) is 82.6 Å². The highest BCUT2D eigenvalue weighted by atomic mass is 16.5. The van der Waals surface area contributed by atoms with Crippen molar-refractivity contribution in [1.82, 2.24) is 5.32 Å². The fourth-order valence-corrected chi connectivity index (χ4v) is 5.66. The number of carbonyl (C=O) groups is 2. The van der Waals surface area contributed by atoms with Crippen LogP contribution in [0.3, 0.4) is 0 Å². The molecule has 2 atom stereocenters. The normalized spacial score (nSPS) is 16.8. The summed E-state index contributed by atoms with van der Waals surface area (Å²) in [6.07, 6.45) is 26.5. The maximum absolute atomic E-state index is 12.6. The first kappa shape index (κ1) is 35.7. The Morgan fingerprint density at radius 1 is 0.833 bits per heavy atom. The predicted molar refractivity (Wildman–Crippen MR) is 172 cm³/mol. The van der Waals surface area contributed by atoms with E-state index in [-0.39, 0.29) is 12.1 Å². The van der Waals surface area contributed by atoms with E-state index in [4.69, 9.17) is 14.2 Å². The van der Waals surface area contributed by atoms with E-state index in [9.17, 15) is 9.59 Å². The van der Waals surface area contributed by atoms with Gasteiger partial charge in [0.1, 0.15) is 18.5 Å². The third kappa shape index (κ3) is 17.5. The molecule has 238 valence electrons. The smallest absolute Gasteiger partial charge is 0.407 e. The van der Waals surface area contributed by atoms with Crippen LogP contribution < -0.4 is 10.1 Å². The summed E-state index contributed by atoms with van der Waals surface area (Å²) in [6, 6.07) is 8.12. The summed E-state index contributed by atoms with van der Waals surface area (Å²) in [4.78, 5) is 23.9. The van der Waals surface area contributed by atoms with Crippen LogP contribution in [-0.4, -0.2) is 37.9 Å². The molecule has 1 fully saturated rings. The Balaban J connectivity index is 1.54. The number of hydrogen-bond acceptors (Lipinski definition) is 5. The zero-order chi connectivity index (χ0) is 30.1. The molecule has 0 aromatic heterocycles. The van der Waals surface area contributed by atoms with Crippen LogP contribution in [0.25, 0.3) is 0 Å². The molecule has 1 aromatic rings. The van der Waals surface area contributed by atoms with Gasteiger partial charge in [0, 0.05) is 6.42 Å². The Bertz CT molecular complexity index is 853. The molecule has 0 radical (unpaired) electrons. The van der Waals surface area contributed by atoms with Gasteiger partial charge in [-0.3, -0.25) is 4.79 Å². The van der Waals surface area contributed by atoms with Crippen LogP contribution in [-0.2, 0) is 20.7 Å². The van der Waals surface area contributed by atoms with Gasteiger partial charge in [-0.25, -0.2) is 4.79 Å².